The Balaban J connectivity index is 1.22. The molecule has 0 bridgehead atoms. The lowest BCUT2D eigenvalue weighted by atomic mass is 10.1. The number of nitrogens with one attached hydrogen (secondary N) is 1. The van der Waals surface area contributed by atoms with Gasteiger partial charge in [-0.1, -0.05) is 23.7 Å². The summed E-state index contributed by atoms with van der Waals surface area (Å²) in [5, 5.41) is 26.7. The lowest BCUT2D eigenvalue weighted by Crippen LogP contribution is -2.17. The van der Waals surface area contributed by atoms with Crippen LogP contribution in [0.15, 0.2) is 94.4 Å². The fourth-order valence-corrected chi connectivity index (χ4v) is 4.84. The normalized spacial score (nSPS) is 11.0. The van der Waals surface area contributed by atoms with E-state index in [0.29, 0.717) is 17.1 Å². The van der Waals surface area contributed by atoms with Crippen molar-refractivity contribution in [3.63, 3.8) is 0 Å². The number of non-ortho nitro benzene ring substituents is 1. The summed E-state index contributed by atoms with van der Waals surface area (Å²) < 4.78 is 19.2. The molecule has 0 aliphatic carbocycles. The van der Waals surface area contributed by atoms with Crippen molar-refractivity contribution in [1.82, 2.24) is 9.99 Å². The Morgan fingerprint density at radius 1 is 0.935 bits per heavy atom. The van der Waals surface area contributed by atoms with Crippen molar-refractivity contribution in [2.75, 3.05) is 0 Å². The van der Waals surface area contributed by atoms with E-state index in [-0.39, 0.29) is 41.0 Å². The molecule has 46 heavy (non-hydrogen) atoms. The van der Waals surface area contributed by atoms with E-state index in [1.165, 1.54) is 30.3 Å². The molecule has 5 rings (SSSR count). The van der Waals surface area contributed by atoms with Gasteiger partial charge in [0.25, 0.3) is 5.69 Å². The Kier molecular flexibility index (Phi) is 9.43. The van der Waals surface area contributed by atoms with Crippen LogP contribution in [0.3, 0.4) is 0 Å². The van der Waals surface area contributed by atoms with E-state index in [1.54, 1.807) is 12.1 Å². The van der Waals surface area contributed by atoms with Crippen LogP contribution in [0.4, 0.5) is 11.4 Å². The molecule has 13 nitrogen and oxygen atoms in total. The van der Waals surface area contributed by atoms with Gasteiger partial charge in [0.2, 0.25) is 5.75 Å². The Bertz CT molecular complexity index is 1930. The van der Waals surface area contributed by atoms with Gasteiger partial charge >= 0.3 is 11.6 Å². The third kappa shape index (κ3) is 7.39. The molecule has 0 aliphatic heterocycles. The number of nitrogens with zero attached hydrogens (tertiary/aromatic N) is 4. The van der Waals surface area contributed by atoms with Gasteiger partial charge in [-0.05, 0) is 74.0 Å². The van der Waals surface area contributed by atoms with Crippen LogP contribution in [0.25, 0.3) is 5.69 Å². The largest absolute Gasteiger partial charge is 0.486 e. The molecule has 2 aromatic heterocycles. The Morgan fingerprint density at radius 3 is 2.37 bits per heavy atom. The van der Waals surface area contributed by atoms with E-state index in [4.69, 9.17) is 25.5 Å². The molecule has 234 valence electrons. The number of hydrogen-bond donors (Lipinski definition) is 1. The number of carbonyl (C=O) groups is 1. The maximum atomic E-state index is 12.7. The SMILES string of the molecule is Cc1ccc(C)n1-c1ccc(OCc2ccc(C(=O)N/N=C/c3cc(Cl)cc([N+](=O)[O-])c3OCc3cccc([N+](=O)[O-])c3)o2)cc1. The van der Waals surface area contributed by atoms with E-state index in [2.05, 4.69) is 27.2 Å². The van der Waals surface area contributed by atoms with Crippen molar-refractivity contribution in [2.24, 2.45) is 5.10 Å². The van der Waals surface area contributed by atoms with Crippen molar-refractivity contribution in [3.05, 3.63) is 144 Å². The number of benzene rings is 3. The molecule has 0 fully saturated rings. The molecule has 1 amide bonds. The molecule has 0 unspecified atom stereocenters. The summed E-state index contributed by atoms with van der Waals surface area (Å²) in [4.78, 5) is 34.2. The number of rotatable bonds is 12. The fourth-order valence-electron chi connectivity index (χ4n) is 4.62. The van der Waals surface area contributed by atoms with Crippen molar-refractivity contribution in [3.8, 4) is 17.2 Å². The van der Waals surface area contributed by atoms with Crippen molar-refractivity contribution >= 4 is 35.1 Å². The van der Waals surface area contributed by atoms with Crippen LogP contribution in [0.5, 0.6) is 11.5 Å². The van der Waals surface area contributed by atoms with Crippen LogP contribution in [0.1, 0.15) is 38.8 Å². The molecule has 2 heterocycles. The van der Waals surface area contributed by atoms with Crippen LogP contribution in [-0.2, 0) is 13.2 Å². The number of hydrogen-bond acceptors (Lipinski definition) is 9. The first kappa shape index (κ1) is 31.5. The third-order valence-corrected chi connectivity index (χ3v) is 6.98. The zero-order chi connectivity index (χ0) is 32.8. The third-order valence-electron chi connectivity index (χ3n) is 6.77. The van der Waals surface area contributed by atoms with Crippen LogP contribution in [0.2, 0.25) is 5.02 Å². The van der Waals surface area contributed by atoms with Gasteiger partial charge in [0.15, 0.2) is 5.76 Å². The molecule has 0 spiro atoms. The summed E-state index contributed by atoms with van der Waals surface area (Å²) >= 11 is 6.08. The summed E-state index contributed by atoms with van der Waals surface area (Å²) in [6.45, 7) is 3.93. The minimum Gasteiger partial charge on any atom is -0.486 e. The molecule has 14 heteroatoms. The Labute approximate surface area is 266 Å². The average Bonchev–Trinajstić information content (AvgIpc) is 3.65. The molecular formula is C32H26ClN5O8. The second-order valence-corrected chi connectivity index (χ2v) is 10.5. The molecule has 5 aromatic rings. The van der Waals surface area contributed by atoms with Crippen LogP contribution >= 0.6 is 11.6 Å². The number of nitro groups is 2. The number of ether oxygens (including phenoxy) is 2. The molecular weight excluding hydrogens is 618 g/mol. The molecule has 0 atom stereocenters. The monoisotopic (exact) mass is 643 g/mol. The maximum Gasteiger partial charge on any atom is 0.313 e. The molecule has 0 saturated carbocycles. The number of aryl methyl sites for hydroxylation is 2. The van der Waals surface area contributed by atoms with Gasteiger partial charge in [0.1, 0.15) is 24.7 Å². The lowest BCUT2D eigenvalue weighted by Gasteiger charge is -2.10. The first-order valence-electron chi connectivity index (χ1n) is 13.7. The highest BCUT2D eigenvalue weighted by atomic mass is 35.5. The number of aromatic nitrogens is 1. The van der Waals surface area contributed by atoms with Crippen LogP contribution in [-0.4, -0.2) is 26.5 Å². The molecule has 0 saturated heterocycles. The van der Waals surface area contributed by atoms with Gasteiger partial charge in [0.05, 0.1) is 16.1 Å². The molecule has 3 aromatic carbocycles. The van der Waals surface area contributed by atoms with E-state index in [0.717, 1.165) is 29.4 Å². The number of amides is 1. The molecule has 1 N–H and O–H groups in total. The highest BCUT2D eigenvalue weighted by molar-refractivity contribution is 6.31. The Hall–Kier alpha value is -5.95. The second-order valence-electron chi connectivity index (χ2n) is 10.0. The van der Waals surface area contributed by atoms with E-state index in [1.807, 2.05) is 38.1 Å². The van der Waals surface area contributed by atoms with Gasteiger partial charge in [-0.3, -0.25) is 25.0 Å². The smallest absolute Gasteiger partial charge is 0.313 e. The highest BCUT2D eigenvalue weighted by Crippen LogP contribution is 2.34. The second kappa shape index (κ2) is 13.8. The number of nitro benzene ring substituents is 2. The standard InChI is InChI=1S/C32H26ClN5O8/c1-20-6-7-21(2)36(20)25-8-10-27(11-9-25)44-19-28-12-13-30(46-28)32(39)35-34-17-23-15-24(33)16-29(38(42)43)31(23)45-18-22-4-3-5-26(14-22)37(40)41/h3-17H,18-19H2,1-2H3,(H,35,39)/b34-17+. The molecule has 0 radical (unpaired) electrons. The van der Waals surface area contributed by atoms with E-state index >= 15 is 0 Å². The van der Waals surface area contributed by atoms with Crippen molar-refractivity contribution < 1.29 is 28.5 Å². The maximum absolute atomic E-state index is 12.7. The predicted molar refractivity (Wildman–Crippen MR) is 169 cm³/mol. The predicted octanol–water partition coefficient (Wildman–Crippen LogP) is 7.08. The number of furan rings is 1. The van der Waals surface area contributed by atoms with Crippen molar-refractivity contribution in [2.45, 2.75) is 27.1 Å². The van der Waals surface area contributed by atoms with Crippen LogP contribution < -0.4 is 14.9 Å². The summed E-state index contributed by atoms with van der Waals surface area (Å²) in [5.74, 6) is 0.113. The number of halogens is 1. The van der Waals surface area contributed by atoms with Gasteiger partial charge in [0, 0.05) is 45.9 Å². The first-order valence-corrected chi connectivity index (χ1v) is 14.1. The lowest BCUT2D eigenvalue weighted by molar-refractivity contribution is -0.386. The quantitative estimate of drug-likeness (QED) is 0.0856. The van der Waals surface area contributed by atoms with E-state index < -0.39 is 21.4 Å². The number of carbonyl (C=O) groups excluding carboxylic acids is 1. The highest BCUT2D eigenvalue weighted by Gasteiger charge is 2.21. The topological polar surface area (TPSA) is 164 Å². The van der Waals surface area contributed by atoms with Crippen molar-refractivity contribution in [1.29, 1.82) is 0 Å². The Morgan fingerprint density at radius 2 is 1.67 bits per heavy atom. The zero-order valence-corrected chi connectivity index (χ0v) is 25.3. The zero-order valence-electron chi connectivity index (χ0n) is 24.5. The van der Waals surface area contributed by atoms with Gasteiger partial charge in [-0.15, -0.1) is 0 Å². The van der Waals surface area contributed by atoms with Gasteiger partial charge < -0.3 is 18.5 Å². The fraction of sp³-hybridized carbons (Fsp3) is 0.125. The average molecular weight is 644 g/mol. The minimum absolute atomic E-state index is 0.0300. The summed E-state index contributed by atoms with van der Waals surface area (Å²) in [5.41, 5.74) is 5.45. The first-order chi connectivity index (χ1) is 22.1. The summed E-state index contributed by atoms with van der Waals surface area (Å²) in [7, 11) is 0. The number of hydrazone groups is 1. The summed E-state index contributed by atoms with van der Waals surface area (Å²) in [6.07, 6.45) is 1.13. The summed E-state index contributed by atoms with van der Waals surface area (Å²) in [6, 6.07) is 22.9. The van der Waals surface area contributed by atoms with Gasteiger partial charge in [-0.2, -0.15) is 5.10 Å². The minimum atomic E-state index is -0.685. The van der Waals surface area contributed by atoms with Gasteiger partial charge in [-0.25, -0.2) is 5.43 Å². The van der Waals surface area contributed by atoms with Crippen LogP contribution in [0, 0.1) is 34.1 Å². The van der Waals surface area contributed by atoms with E-state index in [9.17, 15) is 25.0 Å². The molecule has 0 aliphatic rings.